The quantitative estimate of drug-likeness (QED) is 0.351. The molecule has 0 bridgehead atoms. The molecule has 170 valence electrons. The number of aromatic nitrogens is 4. The van der Waals surface area contributed by atoms with Crippen molar-refractivity contribution >= 4 is 49.4 Å². The highest BCUT2D eigenvalue weighted by Crippen LogP contribution is 2.24. The van der Waals surface area contributed by atoms with Crippen LogP contribution in [-0.4, -0.2) is 39.0 Å². The van der Waals surface area contributed by atoms with Gasteiger partial charge < -0.3 is 15.4 Å². The first-order valence-electron chi connectivity index (χ1n) is 10.0. The van der Waals surface area contributed by atoms with Gasteiger partial charge in [-0.05, 0) is 54.6 Å². The van der Waals surface area contributed by atoms with E-state index in [4.69, 9.17) is 5.11 Å². The van der Waals surface area contributed by atoms with Crippen molar-refractivity contribution in [3.05, 3.63) is 82.9 Å². The van der Waals surface area contributed by atoms with Gasteiger partial charge in [0.2, 0.25) is 15.8 Å². The Labute approximate surface area is 192 Å². The highest BCUT2D eigenvalue weighted by molar-refractivity contribution is 7.91. The van der Waals surface area contributed by atoms with Gasteiger partial charge in [0.15, 0.2) is 0 Å². The standard InChI is InChI=1S/C23H17N5O5S/c1-28-20-15(12-25-23(27-20)26-16-4-7-18-14(10-16)8-9-24-18)11-19(21(28)29)34(32,33)17-5-2-13(3-6-17)22(30)31/h2-12,24H,1H3,(H,30,31)(H,25,26,27). The minimum absolute atomic E-state index is 0.0607. The van der Waals surface area contributed by atoms with Crippen LogP contribution in [0.15, 0.2) is 81.6 Å². The first-order valence-corrected chi connectivity index (χ1v) is 11.5. The highest BCUT2D eigenvalue weighted by atomic mass is 32.2. The third-order valence-corrected chi connectivity index (χ3v) is 7.19. The van der Waals surface area contributed by atoms with Gasteiger partial charge in [0.05, 0.1) is 10.5 Å². The lowest BCUT2D eigenvalue weighted by Gasteiger charge is -2.11. The van der Waals surface area contributed by atoms with Crippen LogP contribution in [0.25, 0.3) is 21.9 Å². The van der Waals surface area contributed by atoms with E-state index in [9.17, 15) is 18.0 Å². The Bertz CT molecular complexity index is 1750. The van der Waals surface area contributed by atoms with Gasteiger partial charge in [0.25, 0.3) is 5.56 Å². The van der Waals surface area contributed by atoms with E-state index in [-0.39, 0.29) is 22.1 Å². The number of rotatable bonds is 5. The second-order valence-corrected chi connectivity index (χ2v) is 9.50. The van der Waals surface area contributed by atoms with Crippen molar-refractivity contribution < 1.29 is 18.3 Å². The average molecular weight is 475 g/mol. The zero-order valence-electron chi connectivity index (χ0n) is 17.7. The summed E-state index contributed by atoms with van der Waals surface area (Å²) in [5, 5.41) is 13.5. The van der Waals surface area contributed by atoms with E-state index in [1.165, 1.54) is 31.4 Å². The van der Waals surface area contributed by atoms with Crippen molar-refractivity contribution in [1.82, 2.24) is 19.5 Å². The van der Waals surface area contributed by atoms with Crippen LogP contribution >= 0.6 is 0 Å². The van der Waals surface area contributed by atoms with Crippen LogP contribution in [0.5, 0.6) is 0 Å². The number of benzene rings is 2. The Kier molecular flexibility index (Phi) is 4.91. The van der Waals surface area contributed by atoms with E-state index in [1.807, 2.05) is 30.5 Å². The predicted molar refractivity (Wildman–Crippen MR) is 125 cm³/mol. The number of H-pyrrole nitrogens is 1. The summed E-state index contributed by atoms with van der Waals surface area (Å²) in [6.45, 7) is 0. The van der Waals surface area contributed by atoms with Gasteiger partial charge in [0, 0.05) is 41.4 Å². The lowest BCUT2D eigenvalue weighted by Crippen LogP contribution is -2.25. The Morgan fingerprint density at radius 1 is 1.06 bits per heavy atom. The van der Waals surface area contributed by atoms with Crippen molar-refractivity contribution in [3.63, 3.8) is 0 Å². The molecule has 3 heterocycles. The van der Waals surface area contributed by atoms with E-state index in [2.05, 4.69) is 20.3 Å². The molecule has 0 aliphatic carbocycles. The molecule has 3 aromatic heterocycles. The lowest BCUT2D eigenvalue weighted by atomic mass is 10.2. The Balaban J connectivity index is 1.54. The molecule has 34 heavy (non-hydrogen) atoms. The third kappa shape index (κ3) is 3.57. The first-order chi connectivity index (χ1) is 16.2. The number of aryl methyl sites for hydroxylation is 1. The zero-order chi connectivity index (χ0) is 24.0. The van der Waals surface area contributed by atoms with Crippen LogP contribution in [0.3, 0.4) is 0 Å². The van der Waals surface area contributed by atoms with Crippen molar-refractivity contribution in [2.24, 2.45) is 7.05 Å². The smallest absolute Gasteiger partial charge is 0.335 e. The van der Waals surface area contributed by atoms with Crippen molar-refractivity contribution in [2.45, 2.75) is 9.79 Å². The summed E-state index contributed by atoms with van der Waals surface area (Å²) in [6, 6.07) is 13.5. The summed E-state index contributed by atoms with van der Waals surface area (Å²) >= 11 is 0. The summed E-state index contributed by atoms with van der Waals surface area (Å²) in [5.74, 6) is -0.933. The van der Waals surface area contributed by atoms with Crippen LogP contribution in [0.4, 0.5) is 11.6 Å². The molecule has 0 fully saturated rings. The predicted octanol–water partition coefficient (Wildman–Crippen LogP) is 3.08. The number of carboxylic acids is 1. The van der Waals surface area contributed by atoms with Crippen LogP contribution in [0, 0.1) is 0 Å². The second kappa shape index (κ2) is 7.81. The molecule has 0 aliphatic rings. The number of fused-ring (bicyclic) bond motifs is 2. The number of nitrogens with zero attached hydrogens (tertiary/aromatic N) is 3. The van der Waals surface area contributed by atoms with Gasteiger partial charge >= 0.3 is 5.97 Å². The normalized spacial score (nSPS) is 11.7. The van der Waals surface area contributed by atoms with E-state index >= 15 is 0 Å². The largest absolute Gasteiger partial charge is 0.478 e. The number of sulfone groups is 1. The summed E-state index contributed by atoms with van der Waals surface area (Å²) in [4.78, 5) is 35.1. The summed E-state index contributed by atoms with van der Waals surface area (Å²) < 4.78 is 27.4. The van der Waals surface area contributed by atoms with E-state index in [1.54, 1.807) is 0 Å². The third-order valence-electron chi connectivity index (χ3n) is 5.43. The number of hydrogen-bond donors (Lipinski definition) is 3. The number of carboxylic acid groups (broad SMARTS) is 1. The Hall–Kier alpha value is -4.51. The van der Waals surface area contributed by atoms with Crippen molar-refractivity contribution in [2.75, 3.05) is 5.32 Å². The molecule has 0 saturated carbocycles. The molecular formula is C23H17N5O5S. The van der Waals surface area contributed by atoms with Crippen LogP contribution < -0.4 is 10.9 Å². The summed E-state index contributed by atoms with van der Waals surface area (Å²) in [6.07, 6.45) is 3.27. The monoisotopic (exact) mass is 475 g/mol. The summed E-state index contributed by atoms with van der Waals surface area (Å²) in [7, 11) is -2.77. The SMILES string of the molecule is Cn1c(=O)c(S(=O)(=O)c2ccc(C(=O)O)cc2)cc2cnc(Nc3ccc4[nH]ccc4c3)nc21. The molecule has 0 atom stereocenters. The zero-order valence-corrected chi connectivity index (χ0v) is 18.5. The Morgan fingerprint density at radius 3 is 2.56 bits per heavy atom. The lowest BCUT2D eigenvalue weighted by molar-refractivity contribution is 0.0696. The van der Waals surface area contributed by atoms with Gasteiger partial charge in [-0.15, -0.1) is 0 Å². The number of aromatic amines is 1. The molecule has 2 aromatic carbocycles. The molecule has 0 amide bonds. The van der Waals surface area contributed by atoms with Crippen LogP contribution in [-0.2, 0) is 16.9 Å². The fourth-order valence-electron chi connectivity index (χ4n) is 3.63. The molecule has 11 heteroatoms. The molecule has 5 rings (SSSR count). The van der Waals surface area contributed by atoms with E-state index in [0.29, 0.717) is 5.39 Å². The number of aromatic carboxylic acids is 1. The highest BCUT2D eigenvalue weighted by Gasteiger charge is 2.24. The molecule has 0 spiro atoms. The molecule has 0 unspecified atom stereocenters. The number of anilines is 2. The van der Waals surface area contributed by atoms with Gasteiger partial charge in [-0.3, -0.25) is 9.36 Å². The number of nitrogens with one attached hydrogen (secondary N) is 2. The molecular weight excluding hydrogens is 458 g/mol. The first kappa shape index (κ1) is 21.3. The fourth-order valence-corrected chi connectivity index (χ4v) is 5.03. The van der Waals surface area contributed by atoms with Gasteiger partial charge in [-0.1, -0.05) is 0 Å². The van der Waals surface area contributed by atoms with Crippen LogP contribution in [0.2, 0.25) is 0 Å². The molecule has 0 aliphatic heterocycles. The average Bonchev–Trinajstić information content (AvgIpc) is 3.29. The number of carbonyl (C=O) groups is 1. The van der Waals surface area contributed by atoms with E-state index in [0.717, 1.165) is 33.3 Å². The minimum Gasteiger partial charge on any atom is -0.478 e. The molecule has 5 aromatic rings. The van der Waals surface area contributed by atoms with E-state index < -0.39 is 26.3 Å². The molecule has 10 nitrogen and oxygen atoms in total. The second-order valence-electron chi connectivity index (χ2n) is 7.58. The van der Waals surface area contributed by atoms with Crippen molar-refractivity contribution in [3.8, 4) is 0 Å². The maximum atomic E-state index is 13.1. The molecule has 0 saturated heterocycles. The maximum absolute atomic E-state index is 13.1. The molecule has 3 N–H and O–H groups in total. The topological polar surface area (TPSA) is 147 Å². The molecule has 0 radical (unpaired) electrons. The van der Waals surface area contributed by atoms with Crippen molar-refractivity contribution in [1.29, 1.82) is 0 Å². The minimum atomic E-state index is -4.20. The Morgan fingerprint density at radius 2 is 1.82 bits per heavy atom. The van der Waals surface area contributed by atoms with Gasteiger partial charge in [0.1, 0.15) is 10.5 Å². The summed E-state index contributed by atoms with van der Waals surface area (Å²) in [5.41, 5.74) is 1.17. The number of hydrogen-bond acceptors (Lipinski definition) is 7. The number of pyridine rings is 1. The van der Waals surface area contributed by atoms with Crippen LogP contribution in [0.1, 0.15) is 10.4 Å². The fraction of sp³-hybridized carbons (Fsp3) is 0.0435. The van der Waals surface area contributed by atoms with Gasteiger partial charge in [-0.2, -0.15) is 4.98 Å². The van der Waals surface area contributed by atoms with Gasteiger partial charge in [-0.25, -0.2) is 18.2 Å². The maximum Gasteiger partial charge on any atom is 0.335 e.